The number of rotatable bonds is 2. The first kappa shape index (κ1) is 14.4. The molecule has 21 heavy (non-hydrogen) atoms. The van der Waals surface area contributed by atoms with Crippen molar-refractivity contribution in [1.82, 2.24) is 15.2 Å². The van der Waals surface area contributed by atoms with Gasteiger partial charge in [-0.25, -0.2) is 9.78 Å². The smallest absolute Gasteiger partial charge is 0.336 e. The molecule has 0 amide bonds. The lowest BCUT2D eigenvalue weighted by molar-refractivity contribution is -0.136. The molecule has 1 aliphatic rings. The highest BCUT2D eigenvalue weighted by Gasteiger charge is 2.36. The normalized spacial score (nSPS) is 17.4. The summed E-state index contributed by atoms with van der Waals surface area (Å²) in [5.41, 5.74) is 1.93. The number of hydrogen-bond acceptors (Lipinski definition) is 6. The van der Waals surface area contributed by atoms with E-state index in [1.54, 1.807) is 13.1 Å². The fourth-order valence-corrected chi connectivity index (χ4v) is 3.91. The van der Waals surface area contributed by atoms with Gasteiger partial charge in [-0.05, 0) is 6.92 Å². The first-order valence-electron chi connectivity index (χ1n) is 5.94. The van der Waals surface area contributed by atoms with E-state index in [1.807, 2.05) is 0 Å². The Bertz CT molecular complexity index is 752. The van der Waals surface area contributed by atoms with Crippen LogP contribution in [0.3, 0.4) is 0 Å². The topological polar surface area (TPSA) is 79.9 Å². The Balaban J connectivity index is 2.22. The van der Waals surface area contributed by atoms with E-state index < -0.39 is 11.9 Å². The molecule has 0 saturated heterocycles. The van der Waals surface area contributed by atoms with Gasteiger partial charge in [-0.3, -0.25) is 5.10 Å². The Morgan fingerprint density at radius 3 is 2.86 bits per heavy atom. The van der Waals surface area contributed by atoms with E-state index >= 15 is 0 Å². The predicted octanol–water partition coefficient (Wildman–Crippen LogP) is 3.18. The molecule has 1 atom stereocenters. The van der Waals surface area contributed by atoms with Crippen molar-refractivity contribution >= 4 is 46.3 Å². The number of aromatic nitrogens is 3. The largest absolute Gasteiger partial charge is 0.466 e. The van der Waals surface area contributed by atoms with E-state index in [0.717, 1.165) is 5.56 Å². The van der Waals surface area contributed by atoms with Crippen LogP contribution in [-0.2, 0) is 9.53 Å². The van der Waals surface area contributed by atoms with Crippen molar-refractivity contribution in [3.63, 3.8) is 0 Å². The number of allylic oxidation sites excluding steroid dienone is 1. The van der Waals surface area contributed by atoms with Gasteiger partial charge in [-0.15, -0.1) is 11.3 Å². The molecule has 9 heteroatoms. The number of anilines is 1. The van der Waals surface area contributed by atoms with Crippen molar-refractivity contribution < 1.29 is 9.53 Å². The molecular weight excluding hydrogens is 335 g/mol. The number of esters is 1. The highest BCUT2D eigenvalue weighted by Crippen LogP contribution is 2.46. The minimum absolute atomic E-state index is 0.276. The standard InChI is InChI=1S/C12H10Cl2N4O2S/c1-4-6(11(19)20-2)7(5-3-15-18-10(5)16-4)8-9(13)17-12(14)21-8/h3,7H,1-2H3,(H2,15,16,18). The van der Waals surface area contributed by atoms with E-state index in [4.69, 9.17) is 27.9 Å². The number of thiazole rings is 1. The Morgan fingerprint density at radius 1 is 1.48 bits per heavy atom. The third-order valence-electron chi connectivity index (χ3n) is 3.24. The molecule has 2 aromatic rings. The highest BCUT2D eigenvalue weighted by molar-refractivity contribution is 7.16. The van der Waals surface area contributed by atoms with E-state index in [2.05, 4.69) is 20.5 Å². The van der Waals surface area contributed by atoms with Crippen molar-refractivity contribution in [3.05, 3.63) is 37.5 Å². The van der Waals surface area contributed by atoms with Crippen molar-refractivity contribution in [2.24, 2.45) is 0 Å². The summed E-state index contributed by atoms with van der Waals surface area (Å²) >= 11 is 13.3. The Kier molecular flexibility index (Phi) is 3.64. The van der Waals surface area contributed by atoms with E-state index in [-0.39, 0.29) is 5.15 Å². The number of halogens is 2. The molecule has 0 bridgehead atoms. The Morgan fingerprint density at radius 2 is 2.24 bits per heavy atom. The molecule has 1 unspecified atom stereocenters. The summed E-state index contributed by atoms with van der Waals surface area (Å²) in [6, 6.07) is 0. The minimum atomic E-state index is -0.433. The lowest BCUT2D eigenvalue weighted by atomic mass is 9.87. The van der Waals surface area contributed by atoms with Crippen LogP contribution in [0, 0.1) is 0 Å². The number of ether oxygens (including phenoxy) is 1. The van der Waals surface area contributed by atoms with Crippen LogP contribution in [0.1, 0.15) is 23.3 Å². The van der Waals surface area contributed by atoms with Gasteiger partial charge in [0.15, 0.2) is 4.47 Å². The fourth-order valence-electron chi connectivity index (χ4n) is 2.36. The van der Waals surface area contributed by atoms with Crippen LogP contribution in [0.4, 0.5) is 5.82 Å². The quantitative estimate of drug-likeness (QED) is 0.818. The van der Waals surface area contributed by atoms with E-state index in [9.17, 15) is 4.79 Å². The van der Waals surface area contributed by atoms with Crippen LogP contribution in [0.25, 0.3) is 0 Å². The molecule has 0 aromatic carbocycles. The summed E-state index contributed by atoms with van der Waals surface area (Å²) in [4.78, 5) is 16.9. The van der Waals surface area contributed by atoms with Crippen LogP contribution in [0.15, 0.2) is 17.5 Å². The minimum Gasteiger partial charge on any atom is -0.466 e. The van der Waals surface area contributed by atoms with Crippen molar-refractivity contribution in [2.75, 3.05) is 12.4 Å². The first-order chi connectivity index (χ1) is 10.0. The molecule has 0 fully saturated rings. The average molecular weight is 345 g/mol. The van der Waals surface area contributed by atoms with Crippen molar-refractivity contribution in [1.29, 1.82) is 0 Å². The zero-order chi connectivity index (χ0) is 15.1. The molecule has 3 heterocycles. The van der Waals surface area contributed by atoms with E-state index in [1.165, 1.54) is 18.4 Å². The number of carbonyl (C=O) groups is 1. The van der Waals surface area contributed by atoms with Gasteiger partial charge in [0.05, 0.1) is 29.7 Å². The number of carbonyl (C=O) groups excluding carboxylic acids is 1. The average Bonchev–Trinajstić information content (AvgIpc) is 3.02. The number of nitrogens with zero attached hydrogens (tertiary/aromatic N) is 2. The molecule has 2 N–H and O–H groups in total. The molecule has 1 aliphatic heterocycles. The highest BCUT2D eigenvalue weighted by atomic mass is 35.5. The van der Waals surface area contributed by atoms with Gasteiger partial charge in [-0.2, -0.15) is 5.10 Å². The second-order valence-corrected chi connectivity index (χ2v) is 6.38. The summed E-state index contributed by atoms with van der Waals surface area (Å²) in [5, 5.41) is 10.2. The monoisotopic (exact) mass is 344 g/mol. The maximum atomic E-state index is 12.2. The van der Waals surface area contributed by atoms with Gasteiger partial charge in [-0.1, -0.05) is 23.2 Å². The zero-order valence-corrected chi connectivity index (χ0v) is 13.4. The van der Waals surface area contributed by atoms with Gasteiger partial charge in [0.2, 0.25) is 0 Å². The first-order valence-corrected chi connectivity index (χ1v) is 7.51. The Hall–Kier alpha value is -1.57. The number of hydrogen-bond donors (Lipinski definition) is 2. The molecule has 110 valence electrons. The zero-order valence-electron chi connectivity index (χ0n) is 11.0. The van der Waals surface area contributed by atoms with Gasteiger partial charge in [0, 0.05) is 11.3 Å². The number of fused-ring (bicyclic) bond motifs is 1. The van der Waals surface area contributed by atoms with Crippen molar-refractivity contribution in [3.8, 4) is 0 Å². The van der Waals surface area contributed by atoms with Crippen LogP contribution in [0.5, 0.6) is 0 Å². The lowest BCUT2D eigenvalue weighted by Gasteiger charge is -2.25. The van der Waals surface area contributed by atoms with E-state index in [0.29, 0.717) is 26.4 Å². The Labute approximate surface area is 134 Å². The number of H-pyrrole nitrogens is 1. The fraction of sp³-hybridized carbons (Fsp3) is 0.250. The summed E-state index contributed by atoms with van der Waals surface area (Å²) in [7, 11) is 1.34. The second-order valence-electron chi connectivity index (χ2n) is 4.41. The summed E-state index contributed by atoms with van der Waals surface area (Å²) < 4.78 is 5.21. The van der Waals surface area contributed by atoms with Gasteiger partial charge >= 0.3 is 5.97 Å². The maximum absolute atomic E-state index is 12.2. The lowest BCUT2D eigenvalue weighted by Crippen LogP contribution is -2.23. The van der Waals surface area contributed by atoms with Crippen LogP contribution in [-0.4, -0.2) is 28.3 Å². The summed E-state index contributed by atoms with van der Waals surface area (Å²) in [6.07, 6.45) is 1.65. The van der Waals surface area contributed by atoms with Crippen molar-refractivity contribution in [2.45, 2.75) is 12.8 Å². The molecule has 0 saturated carbocycles. The van der Waals surface area contributed by atoms with Crippen LogP contribution < -0.4 is 5.32 Å². The number of aromatic amines is 1. The molecular formula is C12H10Cl2N4O2S. The molecule has 2 aromatic heterocycles. The number of methoxy groups -OCH3 is 1. The van der Waals surface area contributed by atoms with Gasteiger partial charge < -0.3 is 10.1 Å². The summed E-state index contributed by atoms with van der Waals surface area (Å²) in [5.74, 6) is -0.131. The van der Waals surface area contributed by atoms with Crippen LogP contribution in [0.2, 0.25) is 9.62 Å². The molecule has 0 radical (unpaired) electrons. The summed E-state index contributed by atoms with van der Waals surface area (Å²) in [6.45, 7) is 1.79. The molecule has 0 aliphatic carbocycles. The third-order valence-corrected chi connectivity index (χ3v) is 4.86. The second kappa shape index (κ2) is 5.32. The third kappa shape index (κ3) is 2.31. The van der Waals surface area contributed by atoms with Crippen LogP contribution >= 0.6 is 34.5 Å². The molecule has 6 nitrogen and oxygen atoms in total. The SMILES string of the molecule is COC(=O)C1=C(C)Nc2[nH]ncc2C1c1sc(Cl)nc1Cl. The maximum Gasteiger partial charge on any atom is 0.336 e. The van der Waals surface area contributed by atoms with Gasteiger partial charge in [0.1, 0.15) is 11.0 Å². The molecule has 3 rings (SSSR count). The predicted molar refractivity (Wildman–Crippen MR) is 80.9 cm³/mol. The molecule has 0 spiro atoms. The number of nitrogens with one attached hydrogen (secondary N) is 2. The van der Waals surface area contributed by atoms with Gasteiger partial charge in [0.25, 0.3) is 0 Å².